The van der Waals surface area contributed by atoms with Crippen molar-refractivity contribution in [2.45, 2.75) is 19.9 Å². The molecule has 0 aliphatic carbocycles. The van der Waals surface area contributed by atoms with Gasteiger partial charge in [0.1, 0.15) is 18.2 Å². The molecular weight excluding hydrogens is 314 g/mol. The van der Waals surface area contributed by atoms with Crippen LogP contribution in [0.25, 0.3) is 16.8 Å². The zero-order valence-corrected chi connectivity index (χ0v) is 14.6. The first-order valence-electron chi connectivity index (χ1n) is 8.80. The van der Waals surface area contributed by atoms with E-state index in [0.717, 1.165) is 48.0 Å². The molecule has 4 bridgehead atoms. The lowest BCUT2D eigenvalue weighted by atomic mass is 10.1. The van der Waals surface area contributed by atoms with Crippen molar-refractivity contribution >= 4 is 11.5 Å². The van der Waals surface area contributed by atoms with Crippen LogP contribution < -0.4 is 10.1 Å². The summed E-state index contributed by atoms with van der Waals surface area (Å²) < 4.78 is 7.86. The van der Waals surface area contributed by atoms with Gasteiger partial charge in [-0.15, -0.1) is 0 Å². The van der Waals surface area contributed by atoms with Crippen molar-refractivity contribution in [1.82, 2.24) is 19.5 Å². The Morgan fingerprint density at radius 2 is 2.24 bits per heavy atom. The van der Waals surface area contributed by atoms with E-state index in [-0.39, 0.29) is 0 Å². The molecular formula is C19H23N5O. The molecule has 0 saturated carbocycles. The SMILES string of the molecule is CCN1CCNc2ccn3ncc(c3n2)-c2cccc(c2)OC[C@@H]1C. The number of hydrogen-bond donors (Lipinski definition) is 1. The fourth-order valence-corrected chi connectivity index (χ4v) is 3.26. The standard InChI is InChI=1S/C19H23N5O/c1-3-23-10-8-20-18-7-9-24-19(22-18)17(12-21-24)15-5-4-6-16(11-15)25-13-14(23)2/h4-7,9,11-12,14H,3,8,10,13H2,1-2H3,(H,20,22)/t14-/m0/s1. The third-order valence-corrected chi connectivity index (χ3v) is 4.74. The van der Waals surface area contributed by atoms with Gasteiger partial charge in [-0.05, 0) is 37.2 Å². The van der Waals surface area contributed by atoms with Crippen LogP contribution in [0.15, 0.2) is 42.7 Å². The zero-order valence-electron chi connectivity index (χ0n) is 14.6. The van der Waals surface area contributed by atoms with Gasteiger partial charge in [0.25, 0.3) is 0 Å². The number of likely N-dealkylation sites (N-methyl/N-ethyl adjacent to an activating group) is 1. The van der Waals surface area contributed by atoms with Crippen LogP contribution >= 0.6 is 0 Å². The maximum absolute atomic E-state index is 6.05. The van der Waals surface area contributed by atoms with Crippen molar-refractivity contribution in [3.8, 4) is 16.9 Å². The molecule has 6 nitrogen and oxygen atoms in total. The molecule has 1 aliphatic rings. The van der Waals surface area contributed by atoms with E-state index in [1.165, 1.54) is 0 Å². The van der Waals surface area contributed by atoms with Gasteiger partial charge in [0.15, 0.2) is 5.65 Å². The Morgan fingerprint density at radius 3 is 3.12 bits per heavy atom. The lowest BCUT2D eigenvalue weighted by molar-refractivity contribution is 0.156. The summed E-state index contributed by atoms with van der Waals surface area (Å²) in [5.74, 6) is 1.76. The molecule has 6 heteroatoms. The highest BCUT2D eigenvalue weighted by Gasteiger charge is 2.15. The van der Waals surface area contributed by atoms with Crippen LogP contribution in [0.2, 0.25) is 0 Å². The van der Waals surface area contributed by atoms with Gasteiger partial charge >= 0.3 is 0 Å². The highest BCUT2D eigenvalue weighted by molar-refractivity contribution is 5.78. The van der Waals surface area contributed by atoms with Crippen LogP contribution in [0, 0.1) is 0 Å². The van der Waals surface area contributed by atoms with Crippen LogP contribution in [0.1, 0.15) is 13.8 Å². The van der Waals surface area contributed by atoms with Crippen molar-refractivity contribution in [2.24, 2.45) is 0 Å². The normalized spacial score (nSPS) is 18.6. The highest BCUT2D eigenvalue weighted by atomic mass is 16.5. The summed E-state index contributed by atoms with van der Waals surface area (Å²) >= 11 is 0. The first-order chi connectivity index (χ1) is 12.2. The predicted octanol–water partition coefficient (Wildman–Crippen LogP) is 2.91. The number of rotatable bonds is 1. The molecule has 0 spiro atoms. The van der Waals surface area contributed by atoms with Crippen molar-refractivity contribution in [3.63, 3.8) is 0 Å². The smallest absolute Gasteiger partial charge is 0.165 e. The quantitative estimate of drug-likeness (QED) is 0.740. The minimum absolute atomic E-state index is 0.348. The maximum Gasteiger partial charge on any atom is 0.165 e. The number of fused-ring (bicyclic) bond motifs is 4. The molecule has 3 heterocycles. The number of ether oxygens (including phenoxy) is 1. The second-order valence-corrected chi connectivity index (χ2v) is 6.38. The largest absolute Gasteiger partial charge is 0.492 e. The Kier molecular flexibility index (Phi) is 4.28. The summed E-state index contributed by atoms with van der Waals surface area (Å²) in [7, 11) is 0. The first kappa shape index (κ1) is 15.9. The molecule has 1 N–H and O–H groups in total. The van der Waals surface area contributed by atoms with Gasteiger partial charge in [-0.3, -0.25) is 4.90 Å². The molecule has 1 atom stereocenters. The average Bonchev–Trinajstić information content (AvgIpc) is 3.06. The molecule has 4 rings (SSSR count). The fourth-order valence-electron chi connectivity index (χ4n) is 3.26. The van der Waals surface area contributed by atoms with Crippen molar-refractivity contribution < 1.29 is 4.74 Å². The van der Waals surface area contributed by atoms with E-state index in [1.807, 2.05) is 30.6 Å². The third kappa shape index (κ3) is 3.17. The first-order valence-corrected chi connectivity index (χ1v) is 8.80. The molecule has 0 radical (unpaired) electrons. The van der Waals surface area contributed by atoms with E-state index in [0.29, 0.717) is 12.6 Å². The van der Waals surface area contributed by atoms with Gasteiger partial charge in [-0.25, -0.2) is 9.50 Å². The summed E-state index contributed by atoms with van der Waals surface area (Å²) in [5, 5.41) is 7.85. The van der Waals surface area contributed by atoms with E-state index in [4.69, 9.17) is 9.72 Å². The molecule has 0 fully saturated rings. The number of benzene rings is 1. The summed E-state index contributed by atoms with van der Waals surface area (Å²) in [4.78, 5) is 7.16. The van der Waals surface area contributed by atoms with Gasteiger partial charge in [0.05, 0.1) is 6.20 Å². The van der Waals surface area contributed by atoms with Gasteiger partial charge in [-0.1, -0.05) is 19.1 Å². The van der Waals surface area contributed by atoms with Gasteiger partial charge in [0.2, 0.25) is 0 Å². The van der Waals surface area contributed by atoms with Crippen LogP contribution in [-0.4, -0.2) is 51.8 Å². The summed E-state index contributed by atoms with van der Waals surface area (Å²) in [6.07, 6.45) is 3.80. The summed E-state index contributed by atoms with van der Waals surface area (Å²) in [6, 6.07) is 10.5. The third-order valence-electron chi connectivity index (χ3n) is 4.74. The van der Waals surface area contributed by atoms with E-state index >= 15 is 0 Å². The molecule has 2 aromatic heterocycles. The Labute approximate surface area is 147 Å². The van der Waals surface area contributed by atoms with Gasteiger partial charge < -0.3 is 10.1 Å². The lowest BCUT2D eigenvalue weighted by Crippen LogP contribution is -2.40. The topological polar surface area (TPSA) is 54.7 Å². The molecule has 1 aliphatic heterocycles. The van der Waals surface area contributed by atoms with Crippen LogP contribution in [-0.2, 0) is 0 Å². The van der Waals surface area contributed by atoms with Gasteiger partial charge in [-0.2, -0.15) is 5.10 Å². The van der Waals surface area contributed by atoms with Crippen molar-refractivity contribution in [2.75, 3.05) is 31.6 Å². The van der Waals surface area contributed by atoms with Gasteiger partial charge in [0, 0.05) is 30.9 Å². The Morgan fingerprint density at radius 1 is 1.32 bits per heavy atom. The molecule has 130 valence electrons. The molecule has 0 amide bonds. The number of anilines is 1. The molecule has 0 saturated heterocycles. The molecule has 0 unspecified atom stereocenters. The zero-order chi connectivity index (χ0) is 17.2. The Bertz CT molecular complexity index is 875. The van der Waals surface area contributed by atoms with E-state index in [9.17, 15) is 0 Å². The summed E-state index contributed by atoms with van der Waals surface area (Å²) in [6.45, 7) is 7.84. The minimum atomic E-state index is 0.348. The number of hydrogen-bond acceptors (Lipinski definition) is 5. The van der Waals surface area contributed by atoms with Crippen LogP contribution in [0.5, 0.6) is 5.75 Å². The molecule has 3 aromatic rings. The highest BCUT2D eigenvalue weighted by Crippen LogP contribution is 2.27. The summed E-state index contributed by atoms with van der Waals surface area (Å²) in [5.41, 5.74) is 2.92. The average molecular weight is 337 g/mol. The predicted molar refractivity (Wildman–Crippen MR) is 99.1 cm³/mol. The van der Waals surface area contributed by atoms with E-state index in [2.05, 4.69) is 41.3 Å². The number of aromatic nitrogens is 3. The van der Waals surface area contributed by atoms with E-state index < -0.39 is 0 Å². The molecule has 1 aromatic carbocycles. The van der Waals surface area contributed by atoms with Crippen molar-refractivity contribution in [3.05, 3.63) is 42.7 Å². The number of nitrogens with zero attached hydrogens (tertiary/aromatic N) is 4. The molecule has 25 heavy (non-hydrogen) atoms. The van der Waals surface area contributed by atoms with Crippen molar-refractivity contribution in [1.29, 1.82) is 0 Å². The lowest BCUT2D eigenvalue weighted by Gasteiger charge is -2.28. The monoisotopic (exact) mass is 337 g/mol. The number of nitrogens with one attached hydrogen (secondary N) is 1. The van der Waals surface area contributed by atoms with E-state index in [1.54, 1.807) is 4.52 Å². The van der Waals surface area contributed by atoms with Crippen LogP contribution in [0.3, 0.4) is 0 Å². The fraction of sp³-hybridized carbons (Fsp3) is 0.368. The van der Waals surface area contributed by atoms with Crippen LogP contribution in [0.4, 0.5) is 5.82 Å². The Hall–Kier alpha value is -2.60. The minimum Gasteiger partial charge on any atom is -0.492 e. The maximum atomic E-state index is 6.05. The second kappa shape index (κ2) is 6.72. The Balaban J connectivity index is 1.78. The second-order valence-electron chi connectivity index (χ2n) is 6.38.